The molecule has 0 heterocycles. The predicted octanol–water partition coefficient (Wildman–Crippen LogP) is 4.69. The average Bonchev–Trinajstić information content (AvgIpc) is 2.77. The molecule has 0 unspecified atom stereocenters. The first-order valence-electron chi connectivity index (χ1n) is 9.43. The molecule has 146 valence electrons. The van der Waals surface area contributed by atoms with Crippen molar-refractivity contribution in [3.8, 4) is 0 Å². The third-order valence-electron chi connectivity index (χ3n) is 4.32. The molecule has 0 spiro atoms. The Morgan fingerprint density at radius 1 is 1.19 bits per heavy atom. The van der Waals surface area contributed by atoms with Crippen molar-refractivity contribution in [2.75, 3.05) is 13.2 Å². The summed E-state index contributed by atoms with van der Waals surface area (Å²) in [5.41, 5.74) is 2.68. The monoisotopic (exact) mass is 378 g/mol. The summed E-state index contributed by atoms with van der Waals surface area (Å²) in [6, 6.07) is 0. The Balaban J connectivity index is 3.62. The van der Waals surface area contributed by atoms with E-state index >= 15 is 0 Å². The van der Waals surface area contributed by atoms with E-state index in [0.29, 0.717) is 5.92 Å². The summed E-state index contributed by atoms with van der Waals surface area (Å²) in [6.07, 6.45) is 4.26. The molecule has 1 rings (SSSR count). The second kappa shape index (κ2) is 8.85. The number of hydrogen-bond donors (Lipinski definition) is 0. The minimum Gasteiger partial charge on any atom is -0.465 e. The van der Waals surface area contributed by atoms with Gasteiger partial charge >= 0.3 is 11.9 Å². The minimum atomic E-state index is -1.59. The first kappa shape index (κ1) is 22.4. The molecule has 0 aliphatic heterocycles. The Hall–Kier alpha value is -1.62. The number of ether oxygens (including phenoxy) is 2. The molecule has 26 heavy (non-hydrogen) atoms. The maximum atomic E-state index is 13.0. The molecule has 0 aromatic carbocycles. The van der Waals surface area contributed by atoms with Crippen molar-refractivity contribution in [1.29, 1.82) is 0 Å². The predicted molar refractivity (Wildman–Crippen MR) is 108 cm³/mol. The second-order valence-corrected chi connectivity index (χ2v) is 13.3. The van der Waals surface area contributed by atoms with Crippen molar-refractivity contribution in [2.45, 2.75) is 53.8 Å². The minimum absolute atomic E-state index is 0.222. The largest absolute Gasteiger partial charge is 0.465 e. The number of allylic oxidation sites excluding steroid dienone is 4. The fourth-order valence-corrected chi connectivity index (χ4v) is 4.61. The summed E-state index contributed by atoms with van der Waals surface area (Å²) in [5, 5.41) is 0. The van der Waals surface area contributed by atoms with Gasteiger partial charge in [0.25, 0.3) is 0 Å². The van der Waals surface area contributed by atoms with E-state index in [4.69, 9.17) is 9.47 Å². The molecular weight excluding hydrogens is 344 g/mol. The zero-order chi connectivity index (χ0) is 20.1. The van der Waals surface area contributed by atoms with Crippen LogP contribution in [0.15, 0.2) is 35.6 Å². The van der Waals surface area contributed by atoms with E-state index in [1.807, 2.05) is 12.2 Å². The van der Waals surface area contributed by atoms with Gasteiger partial charge in [-0.25, -0.2) is 0 Å². The van der Waals surface area contributed by atoms with E-state index in [1.54, 1.807) is 13.8 Å². The van der Waals surface area contributed by atoms with Crippen molar-refractivity contribution in [2.24, 2.45) is 17.3 Å². The standard InChI is InChI=1S/C21H34O4Si/c1-9-24-19(22)21(20(23)25-10-2)13-16(5)17(14-26(6,7)8)18(21)12-11-15(3)4/h11-12,14-15,18H,5,9-10,13H2,1-4,6-8H3/b12-11+,17-14+/t18-/m1/s1. The van der Waals surface area contributed by atoms with Crippen LogP contribution in [-0.2, 0) is 19.1 Å². The Bertz CT molecular complexity index is 590. The molecule has 0 aromatic rings. The van der Waals surface area contributed by atoms with E-state index in [9.17, 15) is 9.59 Å². The molecule has 0 N–H and O–H groups in total. The molecule has 5 heteroatoms. The lowest BCUT2D eigenvalue weighted by Crippen LogP contribution is -2.45. The Kier molecular flexibility index (Phi) is 7.63. The Morgan fingerprint density at radius 2 is 1.69 bits per heavy atom. The summed E-state index contributed by atoms with van der Waals surface area (Å²) < 4.78 is 10.7. The van der Waals surface area contributed by atoms with Gasteiger partial charge in [-0.1, -0.05) is 63.5 Å². The van der Waals surface area contributed by atoms with Gasteiger partial charge in [-0.3, -0.25) is 9.59 Å². The molecule has 1 fully saturated rings. The normalized spacial score (nSPS) is 21.6. The number of rotatable bonds is 7. The number of hydrogen-bond acceptors (Lipinski definition) is 4. The van der Waals surface area contributed by atoms with Gasteiger partial charge in [-0.05, 0) is 31.8 Å². The first-order valence-corrected chi connectivity index (χ1v) is 13.0. The molecule has 4 nitrogen and oxygen atoms in total. The number of esters is 2. The fraction of sp³-hybridized carbons (Fsp3) is 0.619. The molecule has 1 atom stereocenters. The topological polar surface area (TPSA) is 52.6 Å². The van der Waals surface area contributed by atoms with Crippen LogP contribution in [0.5, 0.6) is 0 Å². The van der Waals surface area contributed by atoms with E-state index in [-0.39, 0.29) is 19.6 Å². The number of carbonyl (C=O) groups is 2. The molecule has 1 aliphatic carbocycles. The highest BCUT2D eigenvalue weighted by Crippen LogP contribution is 2.52. The average molecular weight is 379 g/mol. The van der Waals surface area contributed by atoms with Crippen LogP contribution in [0.3, 0.4) is 0 Å². The molecule has 1 aliphatic rings. The van der Waals surface area contributed by atoms with Crippen LogP contribution in [0.2, 0.25) is 19.6 Å². The maximum absolute atomic E-state index is 13.0. The SMILES string of the molecule is C=C1CC(C(=O)OCC)(C(=O)OCC)[C@H](/C=C/C(C)C)/C1=C/[Si](C)(C)C. The van der Waals surface area contributed by atoms with E-state index in [1.165, 1.54) is 0 Å². The molecule has 0 radical (unpaired) electrons. The second-order valence-electron chi connectivity index (χ2n) is 8.26. The number of carbonyl (C=O) groups excluding carboxylic acids is 2. The summed E-state index contributed by atoms with van der Waals surface area (Å²) in [5.74, 6) is -1.13. The van der Waals surface area contributed by atoms with Gasteiger partial charge in [-0.2, -0.15) is 0 Å². The van der Waals surface area contributed by atoms with Crippen LogP contribution in [0.25, 0.3) is 0 Å². The highest BCUT2D eigenvalue weighted by Gasteiger charge is 2.59. The van der Waals surface area contributed by atoms with Crippen LogP contribution >= 0.6 is 0 Å². The molecule has 1 saturated carbocycles. The lowest BCUT2D eigenvalue weighted by Gasteiger charge is -2.29. The summed E-state index contributed by atoms with van der Waals surface area (Å²) >= 11 is 0. The zero-order valence-corrected chi connectivity index (χ0v) is 18.3. The van der Waals surface area contributed by atoms with Crippen LogP contribution < -0.4 is 0 Å². The quantitative estimate of drug-likeness (QED) is 0.279. The lowest BCUT2D eigenvalue weighted by molar-refractivity contribution is -0.173. The van der Waals surface area contributed by atoms with Crippen molar-refractivity contribution < 1.29 is 19.1 Å². The van der Waals surface area contributed by atoms with E-state index in [2.05, 4.69) is 45.8 Å². The summed E-state index contributed by atoms with van der Waals surface area (Å²) in [6.45, 7) is 18.9. The lowest BCUT2D eigenvalue weighted by atomic mass is 9.76. The van der Waals surface area contributed by atoms with Gasteiger partial charge in [0, 0.05) is 5.92 Å². The van der Waals surface area contributed by atoms with Crippen molar-refractivity contribution in [3.05, 3.63) is 35.6 Å². The summed E-state index contributed by atoms with van der Waals surface area (Å²) in [4.78, 5) is 26.0. The zero-order valence-electron chi connectivity index (χ0n) is 17.3. The van der Waals surface area contributed by atoms with Crippen molar-refractivity contribution in [1.82, 2.24) is 0 Å². The fourth-order valence-electron chi connectivity index (χ4n) is 3.29. The molecule has 0 amide bonds. The highest BCUT2D eigenvalue weighted by molar-refractivity contribution is 6.81. The Labute approximate surface area is 159 Å². The molecular formula is C21H34O4Si. The third-order valence-corrected chi connectivity index (χ3v) is 5.50. The maximum Gasteiger partial charge on any atom is 0.324 e. The molecule has 0 aromatic heterocycles. The smallest absolute Gasteiger partial charge is 0.324 e. The highest BCUT2D eigenvalue weighted by atomic mass is 28.3. The first-order chi connectivity index (χ1) is 12.0. The van der Waals surface area contributed by atoms with Crippen molar-refractivity contribution in [3.63, 3.8) is 0 Å². The molecule has 0 saturated heterocycles. The van der Waals surface area contributed by atoms with Gasteiger partial charge in [0.1, 0.15) is 0 Å². The van der Waals surface area contributed by atoms with Gasteiger partial charge in [0.15, 0.2) is 5.41 Å². The van der Waals surface area contributed by atoms with E-state index < -0.39 is 31.3 Å². The van der Waals surface area contributed by atoms with Crippen LogP contribution in [0, 0.1) is 17.3 Å². The Morgan fingerprint density at radius 3 is 2.08 bits per heavy atom. The van der Waals surface area contributed by atoms with Crippen molar-refractivity contribution >= 4 is 20.0 Å². The van der Waals surface area contributed by atoms with Crippen LogP contribution in [0.1, 0.15) is 34.1 Å². The van der Waals surface area contributed by atoms with Gasteiger partial charge < -0.3 is 9.47 Å². The third kappa shape index (κ3) is 4.97. The van der Waals surface area contributed by atoms with E-state index in [0.717, 1.165) is 11.1 Å². The van der Waals surface area contributed by atoms with Gasteiger partial charge in [0.05, 0.1) is 21.3 Å². The van der Waals surface area contributed by atoms with Crippen LogP contribution in [0.4, 0.5) is 0 Å². The van der Waals surface area contributed by atoms with Gasteiger partial charge in [-0.15, -0.1) is 0 Å². The van der Waals surface area contributed by atoms with Gasteiger partial charge in [0.2, 0.25) is 0 Å². The summed E-state index contributed by atoms with van der Waals surface area (Å²) in [7, 11) is -1.59. The molecule has 0 bridgehead atoms. The van der Waals surface area contributed by atoms with Crippen LogP contribution in [-0.4, -0.2) is 33.2 Å².